The molecule has 12 aliphatic heterocycles. The topological polar surface area (TPSA) is 514 Å². The molecule has 312 valence electrons. The normalized spacial score (nSPS) is 67.3. The first-order valence-corrected chi connectivity index (χ1v) is 40.0. The molecule has 0 amide bonds. The zero-order valence-corrected chi connectivity index (χ0v) is 40.5. The van der Waals surface area contributed by atoms with Crippen molar-refractivity contribution in [2.24, 2.45) is 0 Å². The third kappa shape index (κ3) is 7.04. The van der Waals surface area contributed by atoms with E-state index in [2.05, 4.69) is 0 Å². The minimum absolute atomic E-state index is 4.84. The summed E-state index contributed by atoms with van der Waals surface area (Å²) in [6.07, 6.45) is 0. The standard InChI is InChI=1S/H14O39Si16/c1-40-15-42(3)21-48(9)23-43(4,16-40)25-50(11)26-44(5,17-40)24-49(10,22-42)34-54(33-48,35-50)39-55-36-51(12)27-45(6)18-41(2)19-46(7,29-51)31-53(14,38-55)32-47(8,20-41)30-52(13,28-45)37-55/h1-14H. The highest BCUT2D eigenvalue weighted by molar-refractivity contribution is 7.00. The molecule has 0 spiro atoms. The Morgan fingerprint density at radius 1 is 0.164 bits per heavy atom. The molecule has 12 aliphatic rings. The van der Waals surface area contributed by atoms with Gasteiger partial charge in [0.1, 0.15) is 0 Å². The highest BCUT2D eigenvalue weighted by Crippen LogP contribution is 2.49. The molecule has 12 saturated heterocycles. The summed E-state index contributed by atoms with van der Waals surface area (Å²) in [6.45, 7) is 0. The summed E-state index contributed by atoms with van der Waals surface area (Å²) >= 11 is 0. The first-order chi connectivity index (χ1) is 24.7. The minimum atomic E-state index is -6.79. The fourth-order valence-electron chi connectivity index (χ4n) is 5.16. The quantitative estimate of drug-likeness (QED) is 0.114. The van der Waals surface area contributed by atoms with Crippen molar-refractivity contribution in [3.05, 3.63) is 0 Å². The van der Waals surface area contributed by atoms with Gasteiger partial charge in [0.05, 0.1) is 0 Å². The van der Waals surface area contributed by atoms with E-state index >= 15 is 0 Å². The third-order valence-electron chi connectivity index (χ3n) is 6.42. The summed E-state index contributed by atoms with van der Waals surface area (Å²) in [5.74, 6) is 0. The Bertz CT molecular complexity index is 1350. The zero-order chi connectivity index (χ0) is 39.7. The number of hydrogen-bond acceptors (Lipinski definition) is 39. The molecule has 12 heterocycles. The molecule has 0 radical (unpaired) electrons. The molecule has 0 aromatic carbocycles. The Labute approximate surface area is 313 Å². The second-order valence-electron chi connectivity index (χ2n) is 10.9. The van der Waals surface area contributed by atoms with Crippen molar-refractivity contribution in [3.63, 3.8) is 0 Å². The van der Waals surface area contributed by atoms with Gasteiger partial charge in [-0.25, -0.2) is 0 Å². The van der Waals surface area contributed by atoms with Crippen LogP contribution in [0.15, 0.2) is 0 Å². The average molecular weight is 1090 g/mol. The average Bonchev–Trinajstić information content (AvgIpc) is 2.74. The van der Waals surface area contributed by atoms with Gasteiger partial charge in [0, 0.05) is 0 Å². The summed E-state index contributed by atoms with van der Waals surface area (Å²) in [7, 11) is -101. The highest BCUT2D eigenvalue weighted by atomic mass is 28.7. The summed E-state index contributed by atoms with van der Waals surface area (Å²) < 4.78 is 126. The van der Waals surface area contributed by atoms with Gasteiger partial charge in [-0.15, -0.1) is 0 Å². The van der Waals surface area contributed by atoms with Crippen molar-refractivity contribution in [1.82, 2.24) is 0 Å². The van der Waals surface area contributed by atoms with Gasteiger partial charge in [0.2, 0.25) is 0 Å². The van der Waals surface area contributed by atoms with Crippen LogP contribution >= 0.6 is 0 Å². The molecule has 39 nitrogen and oxygen atoms in total. The smallest absolute Gasteiger partial charge is 0.369 e. The van der Waals surface area contributed by atoms with Crippen molar-refractivity contribution < 1.29 is 170 Å². The van der Waals surface area contributed by atoms with Gasteiger partial charge in [-0.3, -0.25) is 0 Å². The fourth-order valence-corrected chi connectivity index (χ4v) is 66.7. The van der Waals surface area contributed by atoms with Gasteiger partial charge in [-0.05, 0) is 0 Å². The van der Waals surface area contributed by atoms with Crippen molar-refractivity contribution in [3.8, 4) is 0 Å². The zero-order valence-electron chi connectivity index (χ0n) is 24.5. The molecule has 0 aromatic rings. The van der Waals surface area contributed by atoms with E-state index in [1.54, 1.807) is 0 Å². The third-order valence-corrected chi connectivity index (χ3v) is 57.8. The SMILES string of the molecule is O[Si]12O[Si]3(O)O[Si]4(O)O[Si](O)(O1)O[Si]1(O)O[Si](O)(O2)O[Si](O)(O3)O[Si](O[Si]23O[Si]5(O)O[Si]6(O)O[Si]7(O)O[Si](O)(O5)O[Si](O)(O[Si](O)(O7)O[Si](O)(O6)O2)O3)(O4)O1. The summed E-state index contributed by atoms with van der Waals surface area (Å²) in [5, 5.41) is 0. The summed E-state index contributed by atoms with van der Waals surface area (Å²) in [5.41, 5.74) is 0. The van der Waals surface area contributed by atoms with Crippen molar-refractivity contribution in [2.75, 3.05) is 0 Å². The van der Waals surface area contributed by atoms with Crippen molar-refractivity contribution in [1.29, 1.82) is 0 Å². The highest BCUT2D eigenvalue weighted by Gasteiger charge is 2.93. The van der Waals surface area contributed by atoms with E-state index in [4.69, 9.17) is 103 Å². The lowest BCUT2D eigenvalue weighted by Crippen LogP contribution is -2.92. The van der Waals surface area contributed by atoms with E-state index in [0.717, 1.165) is 0 Å². The Balaban J connectivity index is 1.17. The predicted molar refractivity (Wildman–Crippen MR) is 150 cm³/mol. The molecule has 12 rings (SSSR count). The van der Waals surface area contributed by atoms with E-state index in [9.17, 15) is 67.1 Å². The predicted octanol–water partition coefficient (Wildman–Crippen LogP) is -15.6. The maximum atomic E-state index is 11.5. The molecule has 14 N–H and O–H groups in total. The molecule has 55 heavy (non-hydrogen) atoms. The van der Waals surface area contributed by atoms with Crippen LogP contribution in [0.25, 0.3) is 0 Å². The van der Waals surface area contributed by atoms with Gasteiger partial charge < -0.3 is 170 Å². The lowest BCUT2D eigenvalue weighted by atomic mass is 15.5. The lowest BCUT2D eigenvalue weighted by Gasteiger charge is -2.56. The Morgan fingerprint density at radius 2 is 0.255 bits per heavy atom. The molecule has 55 heteroatoms. The van der Waals surface area contributed by atoms with Crippen LogP contribution in [0.4, 0.5) is 0 Å². The molecule has 0 unspecified atom stereocenters. The molecule has 0 aliphatic carbocycles. The lowest BCUT2D eigenvalue weighted by molar-refractivity contribution is -0.147. The first kappa shape index (κ1) is 41.0. The van der Waals surface area contributed by atoms with Crippen LogP contribution in [0.2, 0.25) is 0 Å². The number of hydrogen-bond donors (Lipinski definition) is 14. The van der Waals surface area contributed by atoms with Gasteiger partial charge in [0.25, 0.3) is 0 Å². The first-order valence-electron chi connectivity index (χ1n) is 13.3. The van der Waals surface area contributed by atoms with E-state index in [-0.39, 0.29) is 0 Å². The van der Waals surface area contributed by atoms with Gasteiger partial charge in [-0.1, -0.05) is 0 Å². The van der Waals surface area contributed by atoms with Crippen LogP contribution < -0.4 is 0 Å². The Hall–Kier alpha value is 1.91. The number of rotatable bonds is 2. The monoisotopic (exact) mass is 1090 g/mol. The Kier molecular flexibility index (Phi) is 8.31. The maximum absolute atomic E-state index is 11.5. The van der Waals surface area contributed by atoms with Gasteiger partial charge >= 0.3 is 145 Å². The fraction of sp³-hybridized carbons (Fsp3) is 0. The molecule has 12 fully saturated rings. The second-order valence-corrected chi connectivity index (χ2v) is 48.0. The van der Waals surface area contributed by atoms with Crippen LogP contribution in [-0.4, -0.2) is 212 Å². The second kappa shape index (κ2) is 11.2. The van der Waals surface area contributed by atoms with Crippen molar-refractivity contribution >= 4 is 145 Å². The Morgan fingerprint density at radius 3 is 0.364 bits per heavy atom. The minimum Gasteiger partial charge on any atom is -0.369 e. The largest absolute Gasteiger partial charge is 0.659 e. The molecular weight excluding hydrogens is 1070 g/mol. The van der Waals surface area contributed by atoms with Crippen LogP contribution in [0.5, 0.6) is 0 Å². The molecule has 0 saturated carbocycles. The van der Waals surface area contributed by atoms with Crippen LogP contribution in [0.3, 0.4) is 0 Å². The summed E-state index contributed by atoms with van der Waals surface area (Å²) in [6, 6.07) is 0. The molecule has 0 atom stereocenters. The van der Waals surface area contributed by atoms with E-state index in [1.807, 2.05) is 0 Å². The van der Waals surface area contributed by atoms with Crippen LogP contribution in [0, 0.1) is 0 Å². The van der Waals surface area contributed by atoms with E-state index < -0.39 is 145 Å². The van der Waals surface area contributed by atoms with Crippen LogP contribution in [-0.2, 0) is 103 Å². The van der Waals surface area contributed by atoms with E-state index in [0.29, 0.717) is 0 Å². The van der Waals surface area contributed by atoms with Gasteiger partial charge in [-0.2, -0.15) is 0 Å². The molecule has 16 bridgehead atoms. The van der Waals surface area contributed by atoms with Gasteiger partial charge in [0.15, 0.2) is 0 Å². The maximum Gasteiger partial charge on any atom is 0.659 e. The van der Waals surface area contributed by atoms with Crippen LogP contribution in [0.1, 0.15) is 0 Å². The van der Waals surface area contributed by atoms with E-state index in [1.165, 1.54) is 0 Å². The summed E-state index contributed by atoms with van der Waals surface area (Å²) in [4.78, 5) is 158. The van der Waals surface area contributed by atoms with Crippen molar-refractivity contribution in [2.45, 2.75) is 0 Å². The molecular formula is H14O39Si16. The molecule has 0 aromatic heterocycles.